The number of benzene rings is 1. The third kappa shape index (κ3) is 7.42. The molecule has 2 rings (SSSR count). The molecule has 1 heterocycles. The minimum absolute atomic E-state index is 0.0986. The van der Waals surface area contributed by atoms with Crippen molar-refractivity contribution >= 4 is 29.6 Å². The quantitative estimate of drug-likeness (QED) is 0.230. The second kappa shape index (κ2) is 11.2. The Labute approximate surface area is 188 Å². The van der Waals surface area contributed by atoms with Gasteiger partial charge < -0.3 is 28.4 Å². The number of non-ortho nitro benzene ring substituents is 1. The van der Waals surface area contributed by atoms with E-state index in [1.165, 1.54) is 24.3 Å². The molecule has 0 aromatic heterocycles. The third-order valence-electron chi connectivity index (χ3n) is 4.25. The molecule has 0 saturated carbocycles. The van der Waals surface area contributed by atoms with Crippen LogP contribution < -0.4 is 4.74 Å². The Bertz CT molecular complexity index is 899. The molecule has 1 fully saturated rings. The minimum atomic E-state index is -1.42. The molecule has 5 atom stereocenters. The van der Waals surface area contributed by atoms with Crippen LogP contribution in [0, 0.1) is 10.1 Å². The first-order chi connectivity index (χ1) is 15.5. The van der Waals surface area contributed by atoms with Gasteiger partial charge in [-0.15, -0.1) is 0 Å². The summed E-state index contributed by atoms with van der Waals surface area (Å²) in [6, 6.07) is 4.93. The van der Waals surface area contributed by atoms with Crippen molar-refractivity contribution < 1.29 is 52.5 Å². The predicted molar refractivity (Wildman–Crippen MR) is 106 cm³/mol. The van der Waals surface area contributed by atoms with Gasteiger partial charge in [-0.05, 0) is 12.1 Å². The lowest BCUT2D eigenvalue weighted by Crippen LogP contribution is -2.63. The van der Waals surface area contributed by atoms with Crippen molar-refractivity contribution in [3.63, 3.8) is 0 Å². The van der Waals surface area contributed by atoms with E-state index in [0.717, 1.165) is 27.7 Å². The first kappa shape index (κ1) is 25.5. The van der Waals surface area contributed by atoms with Crippen molar-refractivity contribution in [3.8, 4) is 5.75 Å². The van der Waals surface area contributed by atoms with Gasteiger partial charge in [0.25, 0.3) is 5.69 Å². The molecule has 1 aromatic rings. The number of ether oxygens (including phenoxy) is 6. The predicted octanol–water partition coefficient (Wildman–Crippen LogP) is 1.06. The van der Waals surface area contributed by atoms with Gasteiger partial charge in [-0.3, -0.25) is 29.3 Å². The Balaban J connectivity index is 2.43. The first-order valence-corrected chi connectivity index (χ1v) is 9.69. The zero-order valence-electron chi connectivity index (χ0n) is 18.2. The van der Waals surface area contributed by atoms with Crippen molar-refractivity contribution in [2.24, 2.45) is 0 Å². The Morgan fingerprint density at radius 1 is 0.848 bits per heavy atom. The summed E-state index contributed by atoms with van der Waals surface area (Å²) in [5.41, 5.74) is -0.191. The van der Waals surface area contributed by atoms with Gasteiger partial charge in [-0.1, -0.05) is 0 Å². The van der Waals surface area contributed by atoms with E-state index in [1.807, 2.05) is 0 Å². The Morgan fingerprint density at radius 2 is 1.36 bits per heavy atom. The number of nitro benzene ring substituents is 1. The standard InChI is InChI=1S/C20H23NO12/c1-10(22)28-9-16-17(29-11(2)23)18(30-12(3)24)19(31-13(4)25)20(33-16)32-15-7-5-14(6-8-15)21(26)27/h5-8,16-20H,9H2,1-4H3/t16-,17-,18+,19+,20-/m0/s1. The number of hydrogen-bond donors (Lipinski definition) is 0. The maximum Gasteiger partial charge on any atom is 0.303 e. The van der Waals surface area contributed by atoms with Gasteiger partial charge >= 0.3 is 23.9 Å². The van der Waals surface area contributed by atoms with Gasteiger partial charge in [0.05, 0.1) is 4.92 Å². The fourth-order valence-electron chi connectivity index (χ4n) is 3.06. The van der Waals surface area contributed by atoms with Crippen LogP contribution in [0.4, 0.5) is 5.69 Å². The zero-order chi connectivity index (χ0) is 24.7. The molecule has 180 valence electrons. The van der Waals surface area contributed by atoms with E-state index < -0.39 is 66.1 Å². The molecule has 0 amide bonds. The smallest absolute Gasteiger partial charge is 0.303 e. The number of rotatable bonds is 8. The summed E-state index contributed by atoms with van der Waals surface area (Å²) in [5.74, 6) is -2.87. The van der Waals surface area contributed by atoms with Crippen LogP contribution in [0.2, 0.25) is 0 Å². The second-order valence-corrected chi connectivity index (χ2v) is 6.94. The van der Waals surface area contributed by atoms with Crippen LogP contribution in [0.15, 0.2) is 24.3 Å². The highest BCUT2D eigenvalue weighted by molar-refractivity contribution is 5.68. The monoisotopic (exact) mass is 469 g/mol. The molecule has 0 aliphatic carbocycles. The molecule has 0 unspecified atom stereocenters. The minimum Gasteiger partial charge on any atom is -0.463 e. The van der Waals surface area contributed by atoms with E-state index in [-0.39, 0.29) is 11.4 Å². The highest BCUT2D eigenvalue weighted by atomic mass is 16.7. The van der Waals surface area contributed by atoms with E-state index in [1.54, 1.807) is 0 Å². The summed E-state index contributed by atoms with van der Waals surface area (Å²) >= 11 is 0. The highest BCUT2D eigenvalue weighted by Crippen LogP contribution is 2.31. The van der Waals surface area contributed by atoms with Crippen molar-refractivity contribution in [2.45, 2.75) is 58.4 Å². The van der Waals surface area contributed by atoms with Crippen LogP contribution >= 0.6 is 0 Å². The second-order valence-electron chi connectivity index (χ2n) is 6.94. The summed E-state index contributed by atoms with van der Waals surface area (Å²) in [6.07, 6.45) is -6.69. The Hall–Kier alpha value is -3.74. The number of nitrogens with zero attached hydrogens (tertiary/aromatic N) is 1. The SMILES string of the molecule is CC(=O)OC[C@@H]1O[C@H](Oc2ccc([N+](=O)[O-])cc2)[C@H](OC(C)=O)[C@H](OC(C)=O)[C@H]1OC(C)=O. The van der Waals surface area contributed by atoms with Gasteiger partial charge in [0, 0.05) is 39.8 Å². The maximum atomic E-state index is 11.8. The first-order valence-electron chi connectivity index (χ1n) is 9.69. The van der Waals surface area contributed by atoms with E-state index in [0.29, 0.717) is 0 Å². The van der Waals surface area contributed by atoms with Gasteiger partial charge in [0.1, 0.15) is 18.5 Å². The van der Waals surface area contributed by atoms with E-state index in [9.17, 15) is 29.3 Å². The lowest BCUT2D eigenvalue weighted by molar-refractivity contribution is -0.384. The van der Waals surface area contributed by atoms with Crippen LogP contribution in [-0.2, 0) is 42.9 Å². The summed E-state index contributed by atoms with van der Waals surface area (Å²) in [5, 5.41) is 10.9. The summed E-state index contributed by atoms with van der Waals surface area (Å²) < 4.78 is 32.3. The van der Waals surface area contributed by atoms with Gasteiger partial charge in [0.2, 0.25) is 12.4 Å². The number of hydrogen-bond acceptors (Lipinski definition) is 12. The molecule has 0 N–H and O–H groups in total. The Kier molecular flexibility index (Phi) is 8.68. The fourth-order valence-corrected chi connectivity index (χ4v) is 3.06. The molecule has 33 heavy (non-hydrogen) atoms. The zero-order valence-corrected chi connectivity index (χ0v) is 18.2. The molecule has 1 aliphatic heterocycles. The maximum absolute atomic E-state index is 11.8. The van der Waals surface area contributed by atoms with Crippen molar-refractivity contribution in [2.75, 3.05) is 6.61 Å². The largest absolute Gasteiger partial charge is 0.463 e. The average Bonchev–Trinajstić information content (AvgIpc) is 2.70. The van der Waals surface area contributed by atoms with E-state index in [4.69, 9.17) is 28.4 Å². The average molecular weight is 469 g/mol. The van der Waals surface area contributed by atoms with Gasteiger partial charge in [0.15, 0.2) is 12.2 Å². The summed E-state index contributed by atoms with van der Waals surface area (Å²) in [7, 11) is 0. The fraction of sp³-hybridized carbons (Fsp3) is 0.500. The van der Waals surface area contributed by atoms with Crippen LogP contribution in [0.5, 0.6) is 5.75 Å². The van der Waals surface area contributed by atoms with E-state index >= 15 is 0 Å². The molecule has 1 aromatic carbocycles. The third-order valence-corrected chi connectivity index (χ3v) is 4.25. The molecule has 0 bridgehead atoms. The molecule has 0 radical (unpaired) electrons. The molecule has 13 heteroatoms. The van der Waals surface area contributed by atoms with Gasteiger partial charge in [-0.2, -0.15) is 0 Å². The lowest BCUT2D eigenvalue weighted by atomic mass is 9.98. The van der Waals surface area contributed by atoms with Crippen molar-refractivity contribution in [1.29, 1.82) is 0 Å². The van der Waals surface area contributed by atoms with Crippen molar-refractivity contribution in [1.82, 2.24) is 0 Å². The number of carbonyl (C=O) groups excluding carboxylic acids is 4. The topological polar surface area (TPSA) is 167 Å². The number of nitro groups is 1. The van der Waals surface area contributed by atoms with Crippen LogP contribution in [0.25, 0.3) is 0 Å². The van der Waals surface area contributed by atoms with Crippen LogP contribution in [0.1, 0.15) is 27.7 Å². The summed E-state index contributed by atoms with van der Waals surface area (Å²) in [6.45, 7) is 4.05. The molecule has 1 aliphatic rings. The number of esters is 4. The van der Waals surface area contributed by atoms with Crippen molar-refractivity contribution in [3.05, 3.63) is 34.4 Å². The summed E-state index contributed by atoms with van der Waals surface area (Å²) in [4.78, 5) is 56.8. The lowest BCUT2D eigenvalue weighted by Gasteiger charge is -2.43. The number of carbonyl (C=O) groups is 4. The molecule has 13 nitrogen and oxygen atoms in total. The van der Waals surface area contributed by atoms with Crippen LogP contribution in [-0.4, -0.2) is 66.1 Å². The van der Waals surface area contributed by atoms with Crippen LogP contribution in [0.3, 0.4) is 0 Å². The van der Waals surface area contributed by atoms with E-state index in [2.05, 4.69) is 0 Å². The highest BCUT2D eigenvalue weighted by Gasteiger charge is 2.53. The molecule has 1 saturated heterocycles. The normalized spacial score (nSPS) is 24.2. The Morgan fingerprint density at radius 3 is 1.85 bits per heavy atom. The molecular formula is C20H23NO12. The molecular weight excluding hydrogens is 446 g/mol. The van der Waals surface area contributed by atoms with Gasteiger partial charge in [-0.25, -0.2) is 0 Å². The molecule has 0 spiro atoms.